The van der Waals surface area contributed by atoms with Gasteiger partial charge in [-0.1, -0.05) is 44.0 Å². The number of hydrogen-bond acceptors (Lipinski definition) is 2. The van der Waals surface area contributed by atoms with E-state index in [1.165, 1.54) is 11.1 Å². The second-order valence-corrected chi connectivity index (χ2v) is 6.42. The van der Waals surface area contributed by atoms with Gasteiger partial charge in [0.1, 0.15) is 0 Å². The average Bonchev–Trinajstić information content (AvgIpc) is 2.34. The van der Waals surface area contributed by atoms with Gasteiger partial charge >= 0.3 is 0 Å². The largest absolute Gasteiger partial charge is 0.399 e. The SMILES string of the molecule is CN(Cc1cccc(Br)c1)Cc1cc(N)ccc1Br. The standard InChI is InChI=1S/C15H16Br2N2/c1-19(9-11-3-2-4-13(16)7-11)10-12-8-14(18)5-6-15(12)17/h2-8H,9-10,18H2,1H3. The van der Waals surface area contributed by atoms with Crippen molar-refractivity contribution in [2.45, 2.75) is 13.1 Å². The van der Waals surface area contributed by atoms with Crippen LogP contribution in [0.3, 0.4) is 0 Å². The molecule has 0 amide bonds. The topological polar surface area (TPSA) is 29.3 Å². The van der Waals surface area contributed by atoms with Gasteiger partial charge in [0.15, 0.2) is 0 Å². The van der Waals surface area contributed by atoms with Crippen LogP contribution in [0.15, 0.2) is 51.4 Å². The number of nitrogens with two attached hydrogens (primary N) is 1. The van der Waals surface area contributed by atoms with E-state index >= 15 is 0 Å². The average molecular weight is 384 g/mol. The van der Waals surface area contributed by atoms with E-state index in [4.69, 9.17) is 5.73 Å². The highest BCUT2D eigenvalue weighted by Gasteiger charge is 2.06. The molecule has 0 aliphatic heterocycles. The van der Waals surface area contributed by atoms with Gasteiger partial charge in [0.2, 0.25) is 0 Å². The van der Waals surface area contributed by atoms with Gasteiger partial charge in [-0.05, 0) is 48.5 Å². The highest BCUT2D eigenvalue weighted by atomic mass is 79.9. The summed E-state index contributed by atoms with van der Waals surface area (Å²) in [6.45, 7) is 1.76. The van der Waals surface area contributed by atoms with Crippen LogP contribution in [0.2, 0.25) is 0 Å². The van der Waals surface area contributed by atoms with Crippen LogP contribution in [0.1, 0.15) is 11.1 Å². The molecule has 0 fully saturated rings. The third-order valence-electron chi connectivity index (χ3n) is 2.85. The minimum Gasteiger partial charge on any atom is -0.399 e. The van der Waals surface area contributed by atoms with Gasteiger partial charge in [0.25, 0.3) is 0 Å². The maximum atomic E-state index is 5.83. The molecule has 0 atom stereocenters. The van der Waals surface area contributed by atoms with Gasteiger partial charge < -0.3 is 5.73 Å². The van der Waals surface area contributed by atoms with E-state index in [1.807, 2.05) is 24.3 Å². The van der Waals surface area contributed by atoms with Gasteiger partial charge in [-0.2, -0.15) is 0 Å². The molecule has 2 aromatic carbocycles. The molecular weight excluding hydrogens is 368 g/mol. The second-order valence-electron chi connectivity index (χ2n) is 4.65. The van der Waals surface area contributed by atoms with E-state index in [0.29, 0.717) is 0 Å². The molecule has 0 spiro atoms. The third-order valence-corrected chi connectivity index (χ3v) is 4.12. The Labute approximate surface area is 130 Å². The van der Waals surface area contributed by atoms with Crippen molar-refractivity contribution in [2.24, 2.45) is 0 Å². The van der Waals surface area contributed by atoms with E-state index in [9.17, 15) is 0 Å². The summed E-state index contributed by atoms with van der Waals surface area (Å²) >= 11 is 7.06. The van der Waals surface area contributed by atoms with E-state index < -0.39 is 0 Å². The first-order valence-corrected chi connectivity index (χ1v) is 7.60. The second kappa shape index (κ2) is 6.55. The Kier molecular flexibility index (Phi) is 5.02. The molecule has 0 saturated heterocycles. The lowest BCUT2D eigenvalue weighted by Crippen LogP contribution is -2.17. The summed E-state index contributed by atoms with van der Waals surface area (Å²) in [6, 6.07) is 14.3. The van der Waals surface area contributed by atoms with Crippen molar-refractivity contribution in [3.05, 3.63) is 62.5 Å². The molecule has 2 aromatic rings. The molecule has 0 aliphatic carbocycles. The summed E-state index contributed by atoms with van der Waals surface area (Å²) in [6.07, 6.45) is 0. The van der Waals surface area contributed by atoms with Crippen molar-refractivity contribution in [3.63, 3.8) is 0 Å². The summed E-state index contributed by atoms with van der Waals surface area (Å²) in [4.78, 5) is 2.27. The maximum Gasteiger partial charge on any atom is 0.0318 e. The van der Waals surface area contributed by atoms with Crippen LogP contribution < -0.4 is 5.73 Å². The zero-order valence-electron chi connectivity index (χ0n) is 10.7. The normalized spacial score (nSPS) is 10.9. The predicted octanol–water partition coefficient (Wildman–Crippen LogP) is 4.43. The molecule has 2 rings (SSSR count). The van der Waals surface area contributed by atoms with Crippen LogP contribution >= 0.6 is 31.9 Å². The molecule has 2 nitrogen and oxygen atoms in total. The number of benzene rings is 2. The van der Waals surface area contributed by atoms with Crippen molar-refractivity contribution in [1.82, 2.24) is 4.90 Å². The van der Waals surface area contributed by atoms with Crippen molar-refractivity contribution in [2.75, 3.05) is 12.8 Å². The zero-order chi connectivity index (χ0) is 13.8. The Bertz CT molecular complexity index is 570. The molecule has 2 N–H and O–H groups in total. The van der Waals surface area contributed by atoms with Gasteiger partial charge in [-0.25, -0.2) is 0 Å². The van der Waals surface area contributed by atoms with Crippen LogP contribution in [0.25, 0.3) is 0 Å². The van der Waals surface area contributed by atoms with E-state index in [-0.39, 0.29) is 0 Å². The predicted molar refractivity (Wildman–Crippen MR) is 87.9 cm³/mol. The first kappa shape index (κ1) is 14.6. The summed E-state index contributed by atoms with van der Waals surface area (Å²) in [5.74, 6) is 0. The molecule has 0 unspecified atom stereocenters. The molecule has 19 heavy (non-hydrogen) atoms. The van der Waals surface area contributed by atoms with Gasteiger partial charge in [-0.15, -0.1) is 0 Å². The van der Waals surface area contributed by atoms with Gasteiger partial charge in [0.05, 0.1) is 0 Å². The van der Waals surface area contributed by atoms with Crippen LogP contribution in [-0.2, 0) is 13.1 Å². The summed E-state index contributed by atoms with van der Waals surface area (Å²) in [7, 11) is 2.11. The van der Waals surface area contributed by atoms with E-state index in [1.54, 1.807) is 0 Å². The highest BCUT2D eigenvalue weighted by Crippen LogP contribution is 2.21. The minimum atomic E-state index is 0.800. The Hall–Kier alpha value is -0.840. The van der Waals surface area contributed by atoms with E-state index in [0.717, 1.165) is 27.7 Å². The van der Waals surface area contributed by atoms with Crippen LogP contribution in [0, 0.1) is 0 Å². The number of anilines is 1. The molecular formula is C15H16Br2N2. The first-order valence-electron chi connectivity index (χ1n) is 6.01. The smallest absolute Gasteiger partial charge is 0.0318 e. The Morgan fingerprint density at radius 1 is 1.05 bits per heavy atom. The number of rotatable bonds is 4. The molecule has 0 aromatic heterocycles. The quantitative estimate of drug-likeness (QED) is 0.791. The molecule has 100 valence electrons. The Balaban J connectivity index is 2.05. The lowest BCUT2D eigenvalue weighted by Gasteiger charge is -2.18. The van der Waals surface area contributed by atoms with Gasteiger partial charge in [-0.3, -0.25) is 4.90 Å². The minimum absolute atomic E-state index is 0.800. The summed E-state index contributed by atoms with van der Waals surface area (Å²) < 4.78 is 2.21. The third kappa shape index (κ3) is 4.34. The summed E-state index contributed by atoms with van der Waals surface area (Å²) in [5.41, 5.74) is 9.12. The lowest BCUT2D eigenvalue weighted by molar-refractivity contribution is 0.318. The van der Waals surface area contributed by atoms with Crippen molar-refractivity contribution in [3.8, 4) is 0 Å². The van der Waals surface area contributed by atoms with Crippen LogP contribution in [-0.4, -0.2) is 11.9 Å². The zero-order valence-corrected chi connectivity index (χ0v) is 13.9. The van der Waals surface area contributed by atoms with Crippen molar-refractivity contribution < 1.29 is 0 Å². The highest BCUT2D eigenvalue weighted by molar-refractivity contribution is 9.10. The Morgan fingerprint density at radius 2 is 1.84 bits per heavy atom. The van der Waals surface area contributed by atoms with Crippen molar-refractivity contribution >= 4 is 37.5 Å². The van der Waals surface area contributed by atoms with E-state index in [2.05, 4.69) is 62.0 Å². The summed E-state index contributed by atoms with van der Waals surface area (Å²) in [5, 5.41) is 0. The lowest BCUT2D eigenvalue weighted by atomic mass is 10.1. The molecule has 0 bridgehead atoms. The molecule has 4 heteroatoms. The van der Waals surface area contributed by atoms with Crippen LogP contribution in [0.5, 0.6) is 0 Å². The molecule has 0 saturated carbocycles. The fraction of sp³-hybridized carbons (Fsp3) is 0.200. The fourth-order valence-electron chi connectivity index (χ4n) is 2.01. The van der Waals surface area contributed by atoms with Crippen LogP contribution in [0.4, 0.5) is 5.69 Å². The number of hydrogen-bond donors (Lipinski definition) is 1. The molecule has 0 heterocycles. The Morgan fingerprint density at radius 3 is 2.58 bits per heavy atom. The fourth-order valence-corrected chi connectivity index (χ4v) is 2.83. The molecule has 0 aliphatic rings. The maximum absolute atomic E-state index is 5.83. The molecule has 0 radical (unpaired) electrons. The van der Waals surface area contributed by atoms with Gasteiger partial charge in [0, 0.05) is 27.7 Å². The number of halogens is 2. The first-order chi connectivity index (χ1) is 9.04. The number of nitrogen functional groups attached to an aromatic ring is 1. The monoisotopic (exact) mass is 382 g/mol. The van der Waals surface area contributed by atoms with Crippen molar-refractivity contribution in [1.29, 1.82) is 0 Å². The number of nitrogens with zero attached hydrogens (tertiary/aromatic N) is 1.